The van der Waals surface area contributed by atoms with Crippen LogP contribution in [0.1, 0.15) is 23.1 Å². The molecule has 190 valence electrons. The van der Waals surface area contributed by atoms with Crippen LogP contribution in [-0.4, -0.2) is 90.6 Å². The zero-order valence-corrected chi connectivity index (χ0v) is 18.6. The second-order valence-electron chi connectivity index (χ2n) is 8.54. The van der Waals surface area contributed by atoms with Gasteiger partial charge in [-0.25, -0.2) is 4.79 Å². The van der Waals surface area contributed by atoms with Crippen molar-refractivity contribution in [2.24, 2.45) is 0 Å². The molecule has 1 saturated heterocycles. The Balaban J connectivity index is 1.61. The Morgan fingerprint density at radius 2 is 1.40 bits per heavy atom. The zero-order valence-electron chi connectivity index (χ0n) is 18.6. The van der Waals surface area contributed by atoms with Crippen molar-refractivity contribution < 1.29 is 54.8 Å². The number of aliphatic carboxylic acids is 2. The zero-order chi connectivity index (χ0) is 25.8. The van der Waals surface area contributed by atoms with E-state index in [0.717, 1.165) is 11.1 Å². The molecule has 35 heavy (non-hydrogen) atoms. The van der Waals surface area contributed by atoms with Crippen molar-refractivity contribution in [1.29, 1.82) is 0 Å². The molecule has 0 amide bonds. The molecule has 1 heterocycles. The summed E-state index contributed by atoms with van der Waals surface area (Å²) in [6.45, 7) is -0.558. The molecule has 0 aliphatic carbocycles. The standard InChI is InChI=1S/C24H28O11/c25-12-17-19(28)20(29)21(30)22(35-17)34-16-7-5-14(6-8-16)9-13-1-3-15(4-2-13)10-24(33,23(31)32)11-18(26)27/h1-8,17,19-22,25,28-30,33H,9-12H2,(H,26,27)(H,31,32). The Morgan fingerprint density at radius 1 is 0.857 bits per heavy atom. The average Bonchev–Trinajstić information content (AvgIpc) is 2.81. The van der Waals surface area contributed by atoms with Gasteiger partial charge in [-0.3, -0.25) is 4.79 Å². The molecule has 3 rings (SSSR count). The number of ether oxygens (including phenoxy) is 2. The number of aliphatic hydroxyl groups excluding tert-OH is 4. The monoisotopic (exact) mass is 492 g/mol. The second-order valence-corrected chi connectivity index (χ2v) is 8.54. The molecule has 1 aliphatic rings. The molecule has 2 aromatic carbocycles. The first kappa shape index (κ1) is 26.5. The molecule has 1 aliphatic heterocycles. The summed E-state index contributed by atoms with van der Waals surface area (Å²) in [5, 5.41) is 67.3. The molecular weight excluding hydrogens is 464 g/mol. The number of benzene rings is 2. The summed E-state index contributed by atoms with van der Waals surface area (Å²) < 4.78 is 10.9. The van der Waals surface area contributed by atoms with E-state index in [-0.39, 0.29) is 6.42 Å². The molecule has 11 nitrogen and oxygen atoms in total. The fourth-order valence-electron chi connectivity index (χ4n) is 3.80. The normalized spacial score (nSPS) is 26.0. The highest BCUT2D eigenvalue weighted by molar-refractivity contribution is 5.84. The lowest BCUT2D eigenvalue weighted by Crippen LogP contribution is -2.60. The maximum Gasteiger partial charge on any atom is 0.336 e. The van der Waals surface area contributed by atoms with Crippen LogP contribution in [0.2, 0.25) is 0 Å². The minimum atomic E-state index is -2.40. The SMILES string of the molecule is O=C(O)CC(O)(Cc1ccc(Cc2ccc(OC3OC(CO)C(O)C(O)C3O)cc2)cc1)C(=O)O. The molecule has 2 aromatic rings. The molecule has 7 N–H and O–H groups in total. The quantitative estimate of drug-likeness (QED) is 0.221. The molecule has 0 bridgehead atoms. The van der Waals surface area contributed by atoms with Gasteiger partial charge >= 0.3 is 11.9 Å². The molecule has 6 atom stereocenters. The van der Waals surface area contributed by atoms with Crippen LogP contribution in [0.4, 0.5) is 0 Å². The first-order valence-corrected chi connectivity index (χ1v) is 10.8. The maximum atomic E-state index is 11.3. The van der Waals surface area contributed by atoms with E-state index in [9.17, 15) is 40.2 Å². The van der Waals surface area contributed by atoms with Gasteiger partial charge in [-0.05, 0) is 35.2 Å². The third-order valence-electron chi connectivity index (χ3n) is 5.79. The summed E-state index contributed by atoms with van der Waals surface area (Å²) in [5.74, 6) is -2.68. The van der Waals surface area contributed by atoms with E-state index < -0.39 is 61.3 Å². The molecule has 11 heteroatoms. The maximum absolute atomic E-state index is 11.3. The third kappa shape index (κ3) is 6.54. The van der Waals surface area contributed by atoms with E-state index in [4.69, 9.17) is 14.6 Å². The third-order valence-corrected chi connectivity index (χ3v) is 5.79. The summed E-state index contributed by atoms with van der Waals surface area (Å²) >= 11 is 0. The molecule has 1 fully saturated rings. The highest BCUT2D eigenvalue weighted by Gasteiger charge is 2.44. The number of carbonyl (C=O) groups is 2. The van der Waals surface area contributed by atoms with Crippen LogP contribution >= 0.6 is 0 Å². The van der Waals surface area contributed by atoms with Crippen LogP contribution in [0.3, 0.4) is 0 Å². The van der Waals surface area contributed by atoms with E-state index in [1.165, 1.54) is 0 Å². The van der Waals surface area contributed by atoms with E-state index in [1.807, 2.05) is 0 Å². The fraction of sp³-hybridized carbons (Fsp3) is 0.417. The van der Waals surface area contributed by atoms with Gasteiger partial charge in [0.25, 0.3) is 0 Å². The predicted octanol–water partition coefficient (Wildman–Crippen LogP) is -0.711. The lowest BCUT2D eigenvalue weighted by atomic mass is 9.90. The van der Waals surface area contributed by atoms with E-state index in [2.05, 4.69) is 0 Å². The largest absolute Gasteiger partial charge is 0.481 e. The van der Waals surface area contributed by atoms with E-state index >= 15 is 0 Å². The molecule has 0 spiro atoms. The van der Waals surface area contributed by atoms with Crippen LogP contribution in [-0.2, 0) is 27.2 Å². The van der Waals surface area contributed by atoms with Crippen LogP contribution in [0, 0.1) is 0 Å². The lowest BCUT2D eigenvalue weighted by Gasteiger charge is -2.39. The summed E-state index contributed by atoms with van der Waals surface area (Å²) in [4.78, 5) is 22.2. The first-order chi connectivity index (χ1) is 16.5. The Labute approximate surface area is 200 Å². The lowest BCUT2D eigenvalue weighted by molar-refractivity contribution is -0.277. The number of carboxylic acids is 2. The minimum Gasteiger partial charge on any atom is -0.481 e. The van der Waals surface area contributed by atoms with Crippen LogP contribution in [0.15, 0.2) is 48.5 Å². The van der Waals surface area contributed by atoms with Gasteiger partial charge in [0.1, 0.15) is 30.2 Å². The molecule has 0 aromatic heterocycles. The average molecular weight is 492 g/mol. The summed E-state index contributed by atoms with van der Waals surface area (Å²) in [6, 6.07) is 13.5. The minimum absolute atomic E-state index is 0.333. The highest BCUT2D eigenvalue weighted by atomic mass is 16.7. The van der Waals surface area contributed by atoms with Crippen LogP contribution in [0.5, 0.6) is 5.75 Å². The number of aliphatic hydroxyl groups is 5. The number of carboxylic acid groups (broad SMARTS) is 2. The van der Waals surface area contributed by atoms with Gasteiger partial charge in [0.05, 0.1) is 13.0 Å². The van der Waals surface area contributed by atoms with Crippen LogP contribution in [0.25, 0.3) is 0 Å². The van der Waals surface area contributed by atoms with Gasteiger partial charge in [-0.2, -0.15) is 0 Å². The van der Waals surface area contributed by atoms with Crippen molar-refractivity contribution in [3.8, 4) is 5.75 Å². The van der Waals surface area contributed by atoms with Gasteiger partial charge in [-0.15, -0.1) is 0 Å². The highest BCUT2D eigenvalue weighted by Crippen LogP contribution is 2.25. The molecule has 6 unspecified atom stereocenters. The van der Waals surface area contributed by atoms with Crippen molar-refractivity contribution >= 4 is 11.9 Å². The summed E-state index contributed by atoms with van der Waals surface area (Å²) in [5.41, 5.74) is -0.145. The van der Waals surface area contributed by atoms with Gasteiger partial charge in [0.2, 0.25) is 6.29 Å². The van der Waals surface area contributed by atoms with Gasteiger partial charge in [0, 0.05) is 6.42 Å². The van der Waals surface area contributed by atoms with Crippen LogP contribution < -0.4 is 4.74 Å². The van der Waals surface area contributed by atoms with Gasteiger partial charge in [0.15, 0.2) is 5.60 Å². The van der Waals surface area contributed by atoms with E-state index in [0.29, 0.717) is 17.7 Å². The number of rotatable bonds is 10. The molecule has 0 radical (unpaired) electrons. The van der Waals surface area contributed by atoms with E-state index in [1.54, 1.807) is 48.5 Å². The van der Waals surface area contributed by atoms with Crippen molar-refractivity contribution in [3.05, 3.63) is 65.2 Å². The fourth-order valence-corrected chi connectivity index (χ4v) is 3.80. The number of hydrogen-bond acceptors (Lipinski definition) is 9. The first-order valence-electron chi connectivity index (χ1n) is 10.8. The topological polar surface area (TPSA) is 194 Å². The number of hydrogen-bond donors (Lipinski definition) is 7. The Morgan fingerprint density at radius 3 is 1.91 bits per heavy atom. The Bertz CT molecular complexity index is 1010. The summed E-state index contributed by atoms with van der Waals surface area (Å²) in [6.07, 6.45) is -7.63. The van der Waals surface area contributed by atoms with Crippen molar-refractivity contribution in [2.75, 3.05) is 6.61 Å². The predicted molar refractivity (Wildman–Crippen MR) is 119 cm³/mol. The van der Waals surface area contributed by atoms with Crippen molar-refractivity contribution in [3.63, 3.8) is 0 Å². The second kappa shape index (κ2) is 11.1. The Hall–Kier alpha value is -3.06. The summed E-state index contributed by atoms with van der Waals surface area (Å²) in [7, 11) is 0. The molecule has 0 saturated carbocycles. The molecular formula is C24H28O11. The Kier molecular flexibility index (Phi) is 8.43. The van der Waals surface area contributed by atoms with Gasteiger partial charge in [-0.1, -0.05) is 36.4 Å². The van der Waals surface area contributed by atoms with Crippen molar-refractivity contribution in [2.45, 2.75) is 55.6 Å². The smallest absolute Gasteiger partial charge is 0.336 e. The van der Waals surface area contributed by atoms with Crippen molar-refractivity contribution in [1.82, 2.24) is 0 Å². The van der Waals surface area contributed by atoms with Gasteiger partial charge < -0.3 is 45.2 Å².